The van der Waals surface area contributed by atoms with Crippen LogP contribution in [0.3, 0.4) is 0 Å². The largest absolute Gasteiger partial charge is 0.478 e. The summed E-state index contributed by atoms with van der Waals surface area (Å²) in [6.45, 7) is 0. The number of aromatic nitrogens is 1. The Balaban J connectivity index is 2.29. The number of rotatable bonds is 3. The molecule has 2 aromatic rings. The second kappa shape index (κ2) is 5.63. The van der Waals surface area contributed by atoms with E-state index in [2.05, 4.69) is 10.3 Å². The van der Waals surface area contributed by atoms with Crippen molar-refractivity contribution in [3.05, 3.63) is 59.4 Å². The van der Waals surface area contributed by atoms with Crippen LogP contribution in [0, 0.1) is 11.3 Å². The van der Waals surface area contributed by atoms with Gasteiger partial charge in [-0.05, 0) is 30.3 Å². The van der Waals surface area contributed by atoms with Crippen molar-refractivity contribution < 1.29 is 14.7 Å². The van der Waals surface area contributed by atoms with Crippen molar-refractivity contribution in [3.8, 4) is 6.07 Å². The second-order valence-electron chi connectivity index (χ2n) is 3.85. The van der Waals surface area contributed by atoms with Crippen molar-refractivity contribution in [1.29, 1.82) is 5.26 Å². The number of hydrogen-bond acceptors (Lipinski definition) is 4. The third-order valence-electron chi connectivity index (χ3n) is 2.50. The molecular weight excluding hydrogens is 258 g/mol. The van der Waals surface area contributed by atoms with E-state index in [0.717, 1.165) is 0 Å². The molecule has 0 unspecified atom stereocenters. The molecule has 0 saturated carbocycles. The lowest BCUT2D eigenvalue weighted by molar-refractivity contribution is 0.0691. The van der Waals surface area contributed by atoms with Gasteiger partial charge in [0, 0.05) is 11.9 Å². The van der Waals surface area contributed by atoms with Crippen molar-refractivity contribution in [2.45, 2.75) is 0 Å². The van der Waals surface area contributed by atoms with Gasteiger partial charge in [-0.2, -0.15) is 5.26 Å². The fourth-order valence-electron chi connectivity index (χ4n) is 1.62. The number of carboxylic acid groups (broad SMARTS) is 1. The highest BCUT2D eigenvalue weighted by molar-refractivity contribution is 6.09. The summed E-state index contributed by atoms with van der Waals surface area (Å²) in [5.74, 6) is -1.87. The maximum Gasteiger partial charge on any atom is 0.338 e. The van der Waals surface area contributed by atoms with E-state index in [1.807, 2.05) is 6.07 Å². The van der Waals surface area contributed by atoms with Gasteiger partial charge in [0.25, 0.3) is 5.91 Å². The van der Waals surface area contributed by atoms with E-state index in [0.29, 0.717) is 11.3 Å². The number of nitriles is 1. The van der Waals surface area contributed by atoms with Gasteiger partial charge in [-0.25, -0.2) is 4.79 Å². The van der Waals surface area contributed by atoms with Crippen molar-refractivity contribution in [2.24, 2.45) is 0 Å². The summed E-state index contributed by atoms with van der Waals surface area (Å²) in [5.41, 5.74) is 0.433. The van der Waals surface area contributed by atoms with Gasteiger partial charge in [-0.15, -0.1) is 0 Å². The number of amides is 1. The van der Waals surface area contributed by atoms with Gasteiger partial charge in [-0.1, -0.05) is 6.07 Å². The Kier molecular flexibility index (Phi) is 3.72. The molecule has 6 heteroatoms. The first kappa shape index (κ1) is 13.2. The van der Waals surface area contributed by atoms with E-state index in [4.69, 9.17) is 10.4 Å². The van der Waals surface area contributed by atoms with Crippen molar-refractivity contribution in [2.75, 3.05) is 5.32 Å². The van der Waals surface area contributed by atoms with Crippen LogP contribution in [0.4, 0.5) is 5.69 Å². The highest BCUT2D eigenvalue weighted by Crippen LogP contribution is 2.13. The van der Waals surface area contributed by atoms with Gasteiger partial charge in [0.1, 0.15) is 5.69 Å². The van der Waals surface area contributed by atoms with Gasteiger partial charge < -0.3 is 10.4 Å². The Morgan fingerprint density at radius 1 is 1.25 bits per heavy atom. The molecular formula is C14H9N3O3. The third-order valence-corrected chi connectivity index (χ3v) is 2.50. The van der Waals surface area contributed by atoms with Crippen LogP contribution >= 0.6 is 0 Å². The molecule has 0 atom stereocenters. The summed E-state index contributed by atoms with van der Waals surface area (Å²) in [6, 6.07) is 11.0. The van der Waals surface area contributed by atoms with Gasteiger partial charge in [-0.3, -0.25) is 9.78 Å². The smallest absolute Gasteiger partial charge is 0.338 e. The summed E-state index contributed by atoms with van der Waals surface area (Å²) >= 11 is 0. The second-order valence-corrected chi connectivity index (χ2v) is 3.85. The van der Waals surface area contributed by atoms with Gasteiger partial charge in [0.15, 0.2) is 0 Å². The molecule has 20 heavy (non-hydrogen) atoms. The molecule has 1 aromatic carbocycles. The lowest BCUT2D eigenvalue weighted by Gasteiger charge is -2.06. The molecule has 0 aliphatic heterocycles. The fourth-order valence-corrected chi connectivity index (χ4v) is 1.62. The molecule has 1 aromatic heterocycles. The monoisotopic (exact) mass is 267 g/mol. The highest BCUT2D eigenvalue weighted by atomic mass is 16.4. The molecule has 0 aliphatic carbocycles. The van der Waals surface area contributed by atoms with Crippen LogP contribution in [0.5, 0.6) is 0 Å². The van der Waals surface area contributed by atoms with Gasteiger partial charge in [0.05, 0.1) is 17.2 Å². The number of hydrogen-bond donors (Lipinski definition) is 2. The number of nitrogens with one attached hydrogen (secondary N) is 1. The molecule has 0 bridgehead atoms. The molecule has 0 radical (unpaired) electrons. The van der Waals surface area contributed by atoms with Crippen LogP contribution in [0.15, 0.2) is 42.6 Å². The van der Waals surface area contributed by atoms with E-state index < -0.39 is 11.9 Å². The van der Waals surface area contributed by atoms with Crippen LogP contribution in [0.2, 0.25) is 0 Å². The lowest BCUT2D eigenvalue weighted by Crippen LogP contribution is -2.18. The molecule has 0 aliphatic rings. The zero-order chi connectivity index (χ0) is 14.5. The van der Waals surface area contributed by atoms with Crippen LogP contribution in [-0.4, -0.2) is 22.0 Å². The highest BCUT2D eigenvalue weighted by Gasteiger charge is 2.17. The van der Waals surface area contributed by atoms with E-state index in [9.17, 15) is 9.59 Å². The number of carbonyl (C=O) groups excluding carboxylic acids is 1. The van der Waals surface area contributed by atoms with E-state index in [1.54, 1.807) is 18.2 Å². The number of pyridine rings is 1. The summed E-state index contributed by atoms with van der Waals surface area (Å²) in [6.07, 6.45) is 1.34. The van der Waals surface area contributed by atoms with Crippen LogP contribution < -0.4 is 5.32 Å². The van der Waals surface area contributed by atoms with E-state index in [1.165, 1.54) is 24.4 Å². The van der Waals surface area contributed by atoms with Crippen LogP contribution in [-0.2, 0) is 0 Å². The Morgan fingerprint density at radius 3 is 2.75 bits per heavy atom. The first-order valence-corrected chi connectivity index (χ1v) is 5.61. The maximum atomic E-state index is 12.0. The molecule has 1 amide bonds. The van der Waals surface area contributed by atoms with Gasteiger partial charge in [0.2, 0.25) is 0 Å². The maximum absolute atomic E-state index is 12.0. The quantitative estimate of drug-likeness (QED) is 0.884. The molecule has 2 rings (SSSR count). The number of aromatic carboxylic acids is 1. The fraction of sp³-hybridized carbons (Fsp3) is 0. The normalized spacial score (nSPS) is 9.55. The third kappa shape index (κ3) is 2.79. The number of anilines is 1. The van der Waals surface area contributed by atoms with Crippen LogP contribution in [0.1, 0.15) is 26.4 Å². The van der Waals surface area contributed by atoms with Crippen molar-refractivity contribution >= 4 is 17.6 Å². The molecule has 6 nitrogen and oxygen atoms in total. The minimum Gasteiger partial charge on any atom is -0.478 e. The summed E-state index contributed by atoms with van der Waals surface area (Å²) in [5, 5.41) is 20.3. The van der Waals surface area contributed by atoms with Gasteiger partial charge >= 0.3 is 5.97 Å². The minimum absolute atomic E-state index is 0.178. The Hall–Kier alpha value is -3.20. The molecule has 0 spiro atoms. The number of carboxylic acids is 1. The van der Waals surface area contributed by atoms with Crippen LogP contribution in [0.25, 0.3) is 0 Å². The average Bonchev–Trinajstić information content (AvgIpc) is 2.47. The standard InChI is InChI=1S/C14H9N3O3/c15-8-9-3-1-4-10(7-9)17-13(18)12-11(14(19)20)5-2-6-16-12/h1-7H,(H,17,18)(H,19,20). The van der Waals surface area contributed by atoms with E-state index >= 15 is 0 Å². The number of nitrogens with zero attached hydrogens (tertiary/aromatic N) is 2. The molecule has 98 valence electrons. The zero-order valence-corrected chi connectivity index (χ0v) is 10.2. The van der Waals surface area contributed by atoms with Crippen molar-refractivity contribution in [1.82, 2.24) is 4.98 Å². The molecule has 0 fully saturated rings. The first-order valence-electron chi connectivity index (χ1n) is 5.61. The summed E-state index contributed by atoms with van der Waals surface area (Å²) in [4.78, 5) is 26.8. The van der Waals surface area contributed by atoms with E-state index in [-0.39, 0.29) is 11.3 Å². The predicted octanol–water partition coefficient (Wildman–Crippen LogP) is 1.90. The Labute approximate surface area is 114 Å². The predicted molar refractivity (Wildman–Crippen MR) is 70.3 cm³/mol. The minimum atomic E-state index is -1.23. The number of carbonyl (C=O) groups is 2. The lowest BCUT2D eigenvalue weighted by atomic mass is 10.1. The zero-order valence-electron chi connectivity index (χ0n) is 10.2. The summed E-state index contributed by atoms with van der Waals surface area (Å²) < 4.78 is 0. The topological polar surface area (TPSA) is 103 Å². The van der Waals surface area contributed by atoms with Crippen molar-refractivity contribution in [3.63, 3.8) is 0 Å². The molecule has 1 heterocycles. The molecule has 2 N–H and O–H groups in total. The number of benzene rings is 1. The first-order chi connectivity index (χ1) is 9.61. The Morgan fingerprint density at radius 2 is 2.05 bits per heavy atom. The SMILES string of the molecule is N#Cc1cccc(NC(=O)c2ncccc2C(=O)O)c1. The summed E-state index contributed by atoms with van der Waals surface area (Å²) in [7, 11) is 0. The Bertz CT molecular complexity index is 720. The average molecular weight is 267 g/mol. The molecule has 0 saturated heterocycles.